The van der Waals surface area contributed by atoms with Crippen molar-refractivity contribution in [2.24, 2.45) is 5.92 Å². The maximum Gasteiger partial charge on any atom is 0.340 e. The third kappa shape index (κ3) is 3.89. The van der Waals surface area contributed by atoms with Gasteiger partial charge in [-0.2, -0.15) is 4.31 Å². The van der Waals surface area contributed by atoms with Gasteiger partial charge in [-0.1, -0.05) is 18.2 Å². The third-order valence-electron chi connectivity index (χ3n) is 5.79. The average molecular weight is 457 g/mol. The number of carbonyl (C=O) groups is 2. The van der Waals surface area contributed by atoms with Gasteiger partial charge in [-0.15, -0.1) is 0 Å². The van der Waals surface area contributed by atoms with E-state index < -0.39 is 21.9 Å². The summed E-state index contributed by atoms with van der Waals surface area (Å²) in [5, 5.41) is 0.617. The summed E-state index contributed by atoms with van der Waals surface area (Å²) >= 11 is 0. The molecule has 0 N–H and O–H groups in total. The Morgan fingerprint density at radius 2 is 1.75 bits per heavy atom. The zero-order chi connectivity index (χ0) is 22.9. The van der Waals surface area contributed by atoms with Gasteiger partial charge in [0.1, 0.15) is 5.75 Å². The van der Waals surface area contributed by atoms with Crippen LogP contribution >= 0.6 is 0 Å². The first-order chi connectivity index (χ1) is 15.4. The lowest BCUT2D eigenvalue weighted by Gasteiger charge is -2.31. The van der Waals surface area contributed by atoms with Crippen LogP contribution < -0.4 is 4.74 Å². The van der Waals surface area contributed by atoms with Crippen molar-refractivity contribution in [2.45, 2.75) is 17.7 Å². The van der Waals surface area contributed by atoms with E-state index >= 15 is 0 Å². The highest BCUT2D eigenvalue weighted by molar-refractivity contribution is 7.89. The quantitative estimate of drug-likeness (QED) is 0.548. The van der Waals surface area contributed by atoms with Crippen LogP contribution in [-0.4, -0.2) is 56.5 Å². The normalized spacial score (nSPS) is 17.2. The van der Waals surface area contributed by atoms with Crippen molar-refractivity contribution in [1.82, 2.24) is 8.87 Å². The SMILES string of the molecule is COC(=O)c1cn(C(=O)[C@@H]2CCCN(S(=O)(=O)c3ccc(OC)cc3)C2)c2ccccc12. The minimum absolute atomic E-state index is 0.0766. The summed E-state index contributed by atoms with van der Waals surface area (Å²) in [6.07, 6.45) is 2.61. The van der Waals surface area contributed by atoms with Crippen molar-refractivity contribution >= 4 is 32.8 Å². The Bertz CT molecular complexity index is 1260. The van der Waals surface area contributed by atoms with E-state index in [4.69, 9.17) is 9.47 Å². The summed E-state index contributed by atoms with van der Waals surface area (Å²) in [4.78, 5) is 25.7. The average Bonchev–Trinajstić information content (AvgIpc) is 3.23. The zero-order valence-corrected chi connectivity index (χ0v) is 18.7. The number of rotatable bonds is 5. The number of fused-ring (bicyclic) bond motifs is 1. The second-order valence-corrected chi connectivity index (χ2v) is 9.58. The highest BCUT2D eigenvalue weighted by Gasteiger charge is 2.34. The molecule has 0 saturated carbocycles. The number of piperidine rings is 1. The molecule has 0 spiro atoms. The summed E-state index contributed by atoms with van der Waals surface area (Å²) in [6, 6.07) is 13.3. The Balaban J connectivity index is 1.62. The Hall–Kier alpha value is -3.17. The van der Waals surface area contributed by atoms with Gasteiger partial charge in [0, 0.05) is 24.7 Å². The standard InChI is InChI=1S/C23H24N2O6S/c1-30-17-9-11-18(12-10-17)32(28,29)24-13-5-6-16(14-24)22(26)25-15-20(23(27)31-2)19-7-3-4-8-21(19)25/h3-4,7-12,15-16H,5-6,13-14H2,1-2H3/t16-/m1/s1. The molecule has 0 radical (unpaired) electrons. The molecule has 1 aliphatic rings. The molecule has 0 aliphatic carbocycles. The molecular weight excluding hydrogens is 432 g/mol. The van der Waals surface area contributed by atoms with Gasteiger partial charge in [-0.3, -0.25) is 9.36 Å². The molecular formula is C23H24N2O6S. The van der Waals surface area contributed by atoms with Crippen LogP contribution in [0.15, 0.2) is 59.6 Å². The van der Waals surface area contributed by atoms with Gasteiger partial charge in [0.2, 0.25) is 15.9 Å². The molecule has 9 heteroatoms. The van der Waals surface area contributed by atoms with E-state index in [1.54, 1.807) is 36.4 Å². The van der Waals surface area contributed by atoms with Crippen LogP contribution in [0, 0.1) is 5.92 Å². The first kappa shape index (κ1) is 22.0. The van der Waals surface area contributed by atoms with Crippen molar-refractivity contribution < 1.29 is 27.5 Å². The van der Waals surface area contributed by atoms with E-state index in [1.807, 2.05) is 0 Å². The third-order valence-corrected chi connectivity index (χ3v) is 7.66. The molecule has 0 unspecified atom stereocenters. The number of esters is 1. The van der Waals surface area contributed by atoms with Crippen molar-refractivity contribution in [2.75, 3.05) is 27.3 Å². The maximum atomic E-state index is 13.4. The first-order valence-corrected chi connectivity index (χ1v) is 11.7. The molecule has 32 heavy (non-hydrogen) atoms. The van der Waals surface area contributed by atoms with Crippen molar-refractivity contribution in [3.8, 4) is 5.75 Å². The zero-order valence-electron chi connectivity index (χ0n) is 17.9. The van der Waals surface area contributed by atoms with Crippen LogP contribution in [0.4, 0.5) is 0 Å². The fourth-order valence-corrected chi connectivity index (χ4v) is 5.61. The summed E-state index contributed by atoms with van der Waals surface area (Å²) in [6.45, 7) is 0.422. The number of hydrogen-bond acceptors (Lipinski definition) is 6. The molecule has 168 valence electrons. The number of carbonyl (C=O) groups excluding carboxylic acids is 2. The Labute approximate surface area is 186 Å². The molecule has 4 rings (SSSR count). The molecule has 2 aromatic carbocycles. The van der Waals surface area contributed by atoms with Gasteiger partial charge in [0.25, 0.3) is 0 Å². The predicted octanol–water partition coefficient (Wildman–Crippen LogP) is 3.18. The lowest BCUT2D eigenvalue weighted by Crippen LogP contribution is -2.43. The summed E-state index contributed by atoms with van der Waals surface area (Å²) < 4.78 is 39.0. The van der Waals surface area contributed by atoms with Gasteiger partial charge in [0.05, 0.1) is 36.1 Å². The van der Waals surface area contributed by atoms with E-state index in [0.717, 1.165) is 0 Å². The Kier molecular flexibility index (Phi) is 6.03. The number of nitrogens with zero attached hydrogens (tertiary/aromatic N) is 2. The van der Waals surface area contributed by atoms with Gasteiger partial charge in [0.15, 0.2) is 0 Å². The molecule has 1 aliphatic heterocycles. The summed E-state index contributed by atoms with van der Waals surface area (Å²) in [5.41, 5.74) is 0.892. The Morgan fingerprint density at radius 1 is 1.03 bits per heavy atom. The maximum absolute atomic E-state index is 13.4. The molecule has 8 nitrogen and oxygen atoms in total. The van der Waals surface area contributed by atoms with E-state index in [1.165, 1.54) is 41.4 Å². The van der Waals surface area contributed by atoms with E-state index in [0.29, 0.717) is 41.6 Å². The van der Waals surface area contributed by atoms with Crippen LogP contribution in [0.1, 0.15) is 28.0 Å². The van der Waals surface area contributed by atoms with E-state index in [9.17, 15) is 18.0 Å². The van der Waals surface area contributed by atoms with Crippen LogP contribution in [-0.2, 0) is 14.8 Å². The lowest BCUT2D eigenvalue weighted by molar-refractivity contribution is 0.0603. The highest BCUT2D eigenvalue weighted by atomic mass is 32.2. The first-order valence-electron chi connectivity index (χ1n) is 10.2. The molecule has 1 aromatic heterocycles. The number of sulfonamides is 1. The van der Waals surface area contributed by atoms with E-state index in [-0.39, 0.29) is 17.3 Å². The molecule has 1 saturated heterocycles. The molecule has 1 atom stereocenters. The molecule has 1 fully saturated rings. The Morgan fingerprint density at radius 3 is 2.44 bits per heavy atom. The smallest absolute Gasteiger partial charge is 0.340 e. The number of benzene rings is 2. The van der Waals surface area contributed by atoms with E-state index in [2.05, 4.69) is 0 Å². The second kappa shape index (κ2) is 8.76. The lowest BCUT2D eigenvalue weighted by atomic mass is 9.98. The van der Waals surface area contributed by atoms with Crippen LogP contribution in [0.3, 0.4) is 0 Å². The van der Waals surface area contributed by atoms with Crippen LogP contribution in [0.5, 0.6) is 5.75 Å². The van der Waals surface area contributed by atoms with Crippen molar-refractivity contribution in [3.63, 3.8) is 0 Å². The largest absolute Gasteiger partial charge is 0.497 e. The summed E-state index contributed by atoms with van der Waals surface area (Å²) in [7, 11) is -0.942. The van der Waals surface area contributed by atoms with Gasteiger partial charge in [-0.25, -0.2) is 13.2 Å². The van der Waals surface area contributed by atoms with Crippen LogP contribution in [0.2, 0.25) is 0 Å². The number of methoxy groups -OCH3 is 2. The fourth-order valence-electron chi connectivity index (χ4n) is 4.09. The molecule has 2 heterocycles. The topological polar surface area (TPSA) is 94.9 Å². The minimum Gasteiger partial charge on any atom is -0.497 e. The minimum atomic E-state index is -3.75. The predicted molar refractivity (Wildman–Crippen MR) is 118 cm³/mol. The van der Waals surface area contributed by atoms with Gasteiger partial charge < -0.3 is 9.47 Å². The molecule has 0 amide bonds. The van der Waals surface area contributed by atoms with Crippen molar-refractivity contribution in [1.29, 1.82) is 0 Å². The number of ether oxygens (including phenoxy) is 2. The number of para-hydroxylation sites is 1. The highest BCUT2D eigenvalue weighted by Crippen LogP contribution is 2.28. The number of hydrogen-bond donors (Lipinski definition) is 0. The molecule has 0 bridgehead atoms. The second-order valence-electron chi connectivity index (χ2n) is 7.64. The summed E-state index contributed by atoms with van der Waals surface area (Å²) in [5.74, 6) is -0.735. The van der Waals surface area contributed by atoms with Crippen LogP contribution in [0.25, 0.3) is 10.9 Å². The van der Waals surface area contributed by atoms with Gasteiger partial charge in [-0.05, 0) is 43.2 Å². The number of aromatic nitrogens is 1. The molecule has 3 aromatic rings. The van der Waals surface area contributed by atoms with Crippen molar-refractivity contribution in [3.05, 3.63) is 60.3 Å². The van der Waals surface area contributed by atoms with Gasteiger partial charge >= 0.3 is 5.97 Å². The monoisotopic (exact) mass is 456 g/mol. The fraction of sp³-hybridized carbons (Fsp3) is 0.304.